The molecule has 0 aromatic heterocycles. The molecule has 31 heavy (non-hydrogen) atoms. The topological polar surface area (TPSA) is 105 Å². The van der Waals surface area contributed by atoms with Crippen molar-refractivity contribution in [1.82, 2.24) is 9.21 Å². The molecule has 2 amide bonds. The lowest BCUT2D eigenvalue weighted by Crippen LogP contribution is -2.59. The predicted octanol–water partition coefficient (Wildman–Crippen LogP) is 1.41. The molecule has 0 radical (unpaired) electrons. The van der Waals surface area contributed by atoms with Crippen molar-refractivity contribution in [1.29, 1.82) is 0 Å². The number of benzene rings is 2. The largest absolute Gasteiger partial charge is 0.497 e. The van der Waals surface area contributed by atoms with Crippen molar-refractivity contribution in [3.05, 3.63) is 42.0 Å². The van der Waals surface area contributed by atoms with Crippen molar-refractivity contribution in [2.75, 3.05) is 45.4 Å². The molecule has 2 aromatic carbocycles. The lowest BCUT2D eigenvalue weighted by atomic mass is 10.00. The minimum Gasteiger partial charge on any atom is -0.497 e. The summed E-state index contributed by atoms with van der Waals surface area (Å²) in [4.78, 5) is 27.6. The molecule has 2 heterocycles. The van der Waals surface area contributed by atoms with E-state index in [1.54, 1.807) is 44.6 Å². The zero-order valence-electron chi connectivity index (χ0n) is 17.4. The molecule has 164 valence electrons. The smallest absolute Gasteiger partial charge is 0.256 e. The van der Waals surface area contributed by atoms with E-state index in [0.29, 0.717) is 22.7 Å². The van der Waals surface area contributed by atoms with E-state index in [-0.39, 0.29) is 25.5 Å². The highest BCUT2D eigenvalue weighted by Crippen LogP contribution is 2.36. The van der Waals surface area contributed by atoms with Crippen LogP contribution in [0.2, 0.25) is 0 Å². The first-order valence-corrected chi connectivity index (χ1v) is 11.5. The van der Waals surface area contributed by atoms with Crippen LogP contribution in [0.25, 0.3) is 11.1 Å². The number of ether oxygens (including phenoxy) is 2. The molecule has 9 nitrogen and oxygen atoms in total. The summed E-state index contributed by atoms with van der Waals surface area (Å²) in [5, 5.41) is 2.78. The quantitative estimate of drug-likeness (QED) is 0.763. The fourth-order valence-corrected chi connectivity index (χ4v) is 4.76. The fourth-order valence-electron chi connectivity index (χ4n) is 3.93. The van der Waals surface area contributed by atoms with Gasteiger partial charge in [0.15, 0.2) is 0 Å². The Morgan fingerprint density at radius 2 is 1.77 bits per heavy atom. The Bertz CT molecular complexity index is 1160. The number of carbonyl (C=O) groups is 2. The van der Waals surface area contributed by atoms with Gasteiger partial charge < -0.3 is 19.7 Å². The SMILES string of the molecule is COc1ccc(-c2ccc3c(c2)C(=O)N2CCN(S(C)(=O)=O)C[C@@H]2C(=O)N3)c(OC)c1. The van der Waals surface area contributed by atoms with Gasteiger partial charge in [0, 0.05) is 31.3 Å². The summed E-state index contributed by atoms with van der Waals surface area (Å²) in [5.74, 6) is 0.505. The van der Waals surface area contributed by atoms with Gasteiger partial charge in [0.1, 0.15) is 17.5 Å². The van der Waals surface area contributed by atoms with Gasteiger partial charge in [-0.1, -0.05) is 6.07 Å². The van der Waals surface area contributed by atoms with Crippen LogP contribution in [0, 0.1) is 0 Å². The molecule has 1 saturated heterocycles. The van der Waals surface area contributed by atoms with Crippen molar-refractivity contribution >= 4 is 27.5 Å². The second-order valence-corrected chi connectivity index (χ2v) is 9.43. The van der Waals surface area contributed by atoms with Gasteiger partial charge in [-0.3, -0.25) is 9.59 Å². The molecule has 0 bridgehead atoms. The normalized spacial score (nSPS) is 19.2. The van der Waals surface area contributed by atoms with E-state index in [1.165, 1.54) is 9.21 Å². The first-order chi connectivity index (χ1) is 14.7. The maximum Gasteiger partial charge on any atom is 0.256 e. The van der Waals surface area contributed by atoms with E-state index in [2.05, 4.69) is 5.32 Å². The molecule has 4 rings (SSSR count). The van der Waals surface area contributed by atoms with Crippen molar-refractivity contribution in [2.45, 2.75) is 6.04 Å². The third-order valence-electron chi connectivity index (χ3n) is 5.60. The van der Waals surface area contributed by atoms with Crippen LogP contribution < -0.4 is 14.8 Å². The Kier molecular flexibility index (Phi) is 5.36. The Morgan fingerprint density at radius 1 is 1.00 bits per heavy atom. The van der Waals surface area contributed by atoms with E-state index in [9.17, 15) is 18.0 Å². The van der Waals surface area contributed by atoms with E-state index in [1.807, 2.05) is 6.07 Å². The van der Waals surface area contributed by atoms with Crippen LogP contribution in [-0.4, -0.2) is 75.6 Å². The molecule has 0 spiro atoms. The van der Waals surface area contributed by atoms with E-state index < -0.39 is 22.0 Å². The van der Waals surface area contributed by atoms with Crippen molar-refractivity contribution in [2.24, 2.45) is 0 Å². The number of amides is 2. The van der Waals surface area contributed by atoms with Crippen LogP contribution in [0.4, 0.5) is 5.69 Å². The Balaban J connectivity index is 1.73. The number of nitrogens with zero attached hydrogens (tertiary/aromatic N) is 2. The number of carbonyl (C=O) groups excluding carboxylic acids is 2. The number of methoxy groups -OCH3 is 2. The van der Waals surface area contributed by atoms with Crippen molar-refractivity contribution < 1.29 is 27.5 Å². The Morgan fingerprint density at radius 3 is 2.45 bits per heavy atom. The first kappa shape index (κ1) is 21.1. The number of fused-ring (bicyclic) bond motifs is 2. The van der Waals surface area contributed by atoms with Gasteiger partial charge >= 0.3 is 0 Å². The highest BCUT2D eigenvalue weighted by atomic mass is 32.2. The zero-order chi connectivity index (χ0) is 22.3. The maximum absolute atomic E-state index is 13.3. The highest BCUT2D eigenvalue weighted by molar-refractivity contribution is 7.88. The number of piperazine rings is 1. The number of hydrogen-bond donors (Lipinski definition) is 1. The van der Waals surface area contributed by atoms with Gasteiger partial charge in [-0.2, -0.15) is 4.31 Å². The molecule has 1 fully saturated rings. The number of nitrogens with one attached hydrogen (secondary N) is 1. The zero-order valence-corrected chi connectivity index (χ0v) is 18.2. The van der Waals surface area contributed by atoms with Crippen LogP contribution in [0.15, 0.2) is 36.4 Å². The summed E-state index contributed by atoms with van der Waals surface area (Å²) in [5.41, 5.74) is 2.26. The number of rotatable bonds is 4. The third kappa shape index (κ3) is 3.84. The lowest BCUT2D eigenvalue weighted by molar-refractivity contribution is -0.121. The minimum atomic E-state index is -3.46. The van der Waals surface area contributed by atoms with E-state index in [0.717, 1.165) is 17.4 Å². The molecule has 1 atom stereocenters. The van der Waals surface area contributed by atoms with Gasteiger partial charge in [0.25, 0.3) is 5.91 Å². The van der Waals surface area contributed by atoms with Gasteiger partial charge in [0.05, 0.1) is 31.7 Å². The first-order valence-electron chi connectivity index (χ1n) is 9.66. The maximum atomic E-state index is 13.3. The molecule has 0 saturated carbocycles. The summed E-state index contributed by atoms with van der Waals surface area (Å²) in [6.45, 7) is 0.221. The van der Waals surface area contributed by atoms with Crippen LogP contribution in [0.3, 0.4) is 0 Å². The van der Waals surface area contributed by atoms with E-state index >= 15 is 0 Å². The van der Waals surface area contributed by atoms with Crippen LogP contribution in [0.1, 0.15) is 10.4 Å². The van der Waals surface area contributed by atoms with Gasteiger partial charge in [0.2, 0.25) is 15.9 Å². The van der Waals surface area contributed by atoms with Crippen LogP contribution in [0.5, 0.6) is 11.5 Å². The molecule has 2 aliphatic rings. The van der Waals surface area contributed by atoms with Crippen LogP contribution in [-0.2, 0) is 14.8 Å². The van der Waals surface area contributed by atoms with Crippen molar-refractivity contribution in [3.63, 3.8) is 0 Å². The predicted molar refractivity (Wildman–Crippen MR) is 115 cm³/mol. The molecule has 1 N–H and O–H groups in total. The summed E-state index contributed by atoms with van der Waals surface area (Å²) in [7, 11) is -0.340. The molecule has 10 heteroatoms. The second kappa shape index (κ2) is 7.86. The molecule has 2 aromatic rings. The standard InChI is InChI=1S/C21H23N3O6S/c1-29-14-5-6-15(19(11-14)30-2)13-4-7-17-16(10-13)21(26)24-9-8-23(31(3,27)28)12-18(24)20(25)22-17/h4-7,10-11,18H,8-9,12H2,1-3H3,(H,22,25)/t18-/m1/s1. The van der Waals surface area contributed by atoms with Crippen molar-refractivity contribution in [3.8, 4) is 22.6 Å². The number of anilines is 1. The summed E-state index contributed by atoms with van der Waals surface area (Å²) in [6.07, 6.45) is 1.10. The van der Waals surface area contributed by atoms with Gasteiger partial charge in [-0.25, -0.2) is 8.42 Å². The molecule has 2 aliphatic heterocycles. The van der Waals surface area contributed by atoms with Gasteiger partial charge in [-0.15, -0.1) is 0 Å². The average Bonchev–Trinajstić information content (AvgIpc) is 2.86. The summed E-state index contributed by atoms with van der Waals surface area (Å²) < 4.78 is 35.8. The molecule has 0 unspecified atom stereocenters. The Labute approximate surface area is 180 Å². The van der Waals surface area contributed by atoms with Gasteiger partial charge in [-0.05, 0) is 29.8 Å². The fraction of sp³-hybridized carbons (Fsp3) is 0.333. The second-order valence-electron chi connectivity index (χ2n) is 7.45. The van der Waals surface area contributed by atoms with E-state index in [4.69, 9.17) is 9.47 Å². The average molecular weight is 445 g/mol. The molecule has 0 aliphatic carbocycles. The molecular weight excluding hydrogens is 422 g/mol. The molecular formula is C21H23N3O6S. The summed E-state index contributed by atoms with van der Waals surface area (Å²) >= 11 is 0. The lowest BCUT2D eigenvalue weighted by Gasteiger charge is -2.38. The Hall–Kier alpha value is -3.11. The number of sulfonamides is 1. The number of hydrogen-bond acceptors (Lipinski definition) is 6. The monoisotopic (exact) mass is 445 g/mol. The minimum absolute atomic E-state index is 0.0659. The van der Waals surface area contributed by atoms with Crippen LogP contribution >= 0.6 is 0 Å². The highest BCUT2D eigenvalue weighted by Gasteiger charge is 2.41. The third-order valence-corrected chi connectivity index (χ3v) is 6.87. The summed E-state index contributed by atoms with van der Waals surface area (Å²) in [6, 6.07) is 9.70.